The van der Waals surface area contributed by atoms with Gasteiger partial charge in [0.2, 0.25) is 7.98 Å². The summed E-state index contributed by atoms with van der Waals surface area (Å²) in [6, 6.07) is 7.04. The summed E-state index contributed by atoms with van der Waals surface area (Å²) in [7, 11) is 6.93. The molecule has 1 aromatic carbocycles. The molecule has 0 aliphatic carbocycles. The Balaban J connectivity index is 2.00. The highest BCUT2D eigenvalue weighted by atomic mass is 19.1. The van der Waals surface area contributed by atoms with Crippen molar-refractivity contribution in [2.24, 2.45) is 0 Å². The smallest absolute Gasteiger partial charge is 0.341 e. The average molecular weight is 296 g/mol. The van der Waals surface area contributed by atoms with E-state index in [9.17, 15) is 9.18 Å². The number of hydrogen-bond acceptors (Lipinski definition) is 4. The Morgan fingerprint density at radius 1 is 1.32 bits per heavy atom. The molecule has 108 valence electrons. The van der Waals surface area contributed by atoms with Gasteiger partial charge in [-0.25, -0.2) is 14.2 Å². The van der Waals surface area contributed by atoms with Gasteiger partial charge in [0.05, 0.1) is 13.3 Å². The molecule has 3 rings (SSSR count). The van der Waals surface area contributed by atoms with E-state index in [0.717, 1.165) is 17.5 Å². The minimum Gasteiger partial charge on any atom is -0.465 e. The van der Waals surface area contributed by atoms with Crippen molar-refractivity contribution < 1.29 is 18.7 Å². The second-order valence-corrected chi connectivity index (χ2v) is 4.54. The quantitative estimate of drug-likeness (QED) is 0.551. The number of carbonyl (C=O) groups is 1. The number of esters is 1. The van der Waals surface area contributed by atoms with Crippen LogP contribution in [0, 0.1) is 5.82 Å². The number of hydrogen-bond donors (Lipinski definition) is 0. The molecule has 7 heteroatoms. The van der Waals surface area contributed by atoms with Crippen LogP contribution in [0.3, 0.4) is 0 Å². The molecular weight excluding hydrogens is 286 g/mol. The Bertz CT molecular complexity index is 863. The summed E-state index contributed by atoms with van der Waals surface area (Å²) in [6.45, 7) is 0. The molecule has 2 radical (unpaired) electrons. The van der Waals surface area contributed by atoms with Crippen LogP contribution in [0.4, 0.5) is 4.39 Å². The zero-order valence-electron chi connectivity index (χ0n) is 11.6. The Morgan fingerprint density at radius 3 is 2.91 bits per heavy atom. The number of nitrogens with zero attached hydrogens (tertiary/aromatic N) is 2. The fraction of sp³-hybridized carbons (Fsp3) is 0.0667. The predicted octanol–water partition coefficient (Wildman–Crippen LogP) is 2.69. The second-order valence-electron chi connectivity index (χ2n) is 4.54. The van der Waals surface area contributed by atoms with E-state index in [1.807, 2.05) is 0 Å². The van der Waals surface area contributed by atoms with Crippen LogP contribution >= 0.6 is 0 Å². The molecule has 0 saturated heterocycles. The summed E-state index contributed by atoms with van der Waals surface area (Å²) in [6.07, 6.45) is 3.10. The summed E-state index contributed by atoms with van der Waals surface area (Å²) in [5.41, 5.74) is 0.708. The number of rotatable bonds is 3. The van der Waals surface area contributed by atoms with Crippen LogP contribution in [0.25, 0.3) is 11.0 Å². The monoisotopic (exact) mass is 296 g/mol. The maximum Gasteiger partial charge on any atom is 0.341 e. The normalized spacial score (nSPS) is 10.6. The maximum absolute atomic E-state index is 13.4. The van der Waals surface area contributed by atoms with Crippen LogP contribution < -0.4 is 4.74 Å². The zero-order valence-corrected chi connectivity index (χ0v) is 11.6. The molecule has 0 N–H and O–H groups in total. The van der Waals surface area contributed by atoms with Gasteiger partial charge in [0.25, 0.3) is 0 Å². The Kier molecular flexibility index (Phi) is 3.54. The molecule has 0 spiro atoms. The van der Waals surface area contributed by atoms with Crippen molar-refractivity contribution in [3.8, 4) is 11.5 Å². The van der Waals surface area contributed by atoms with Crippen molar-refractivity contribution in [1.82, 2.24) is 9.46 Å². The van der Waals surface area contributed by atoms with Crippen molar-refractivity contribution in [3.63, 3.8) is 0 Å². The molecule has 0 saturated carbocycles. The van der Waals surface area contributed by atoms with E-state index < -0.39 is 11.8 Å². The lowest BCUT2D eigenvalue weighted by atomic mass is 10.2. The minimum absolute atomic E-state index is 0.0557. The zero-order chi connectivity index (χ0) is 15.7. The molecule has 5 nitrogen and oxygen atoms in total. The van der Waals surface area contributed by atoms with Gasteiger partial charge in [0.1, 0.15) is 28.5 Å². The highest BCUT2D eigenvalue weighted by molar-refractivity contribution is 6.10. The van der Waals surface area contributed by atoms with Gasteiger partial charge in [-0.3, -0.25) is 0 Å². The number of carbonyl (C=O) groups excluding carboxylic acids is 1. The summed E-state index contributed by atoms with van der Waals surface area (Å²) in [4.78, 5) is 15.8. The number of methoxy groups -OCH3 is 1. The van der Waals surface area contributed by atoms with Gasteiger partial charge in [-0.1, -0.05) is 0 Å². The number of halogens is 1. The first-order chi connectivity index (χ1) is 10.6. The number of benzene rings is 1. The summed E-state index contributed by atoms with van der Waals surface area (Å²) in [5, 5.41) is 0.760. The van der Waals surface area contributed by atoms with E-state index in [0.29, 0.717) is 11.4 Å². The third kappa shape index (κ3) is 2.53. The Hall–Kier alpha value is -2.83. The van der Waals surface area contributed by atoms with Gasteiger partial charge in [-0.05, 0) is 30.5 Å². The van der Waals surface area contributed by atoms with Crippen LogP contribution in [0.2, 0.25) is 0 Å². The van der Waals surface area contributed by atoms with Crippen LogP contribution in [0.1, 0.15) is 10.4 Å². The Labute approximate surface area is 126 Å². The lowest BCUT2D eigenvalue weighted by molar-refractivity contribution is 0.0598. The molecule has 0 atom stereocenters. The van der Waals surface area contributed by atoms with E-state index in [-0.39, 0.29) is 11.3 Å². The molecule has 0 amide bonds. The molecule has 0 aliphatic heterocycles. The van der Waals surface area contributed by atoms with Gasteiger partial charge >= 0.3 is 5.97 Å². The third-order valence-corrected chi connectivity index (χ3v) is 3.11. The number of ether oxygens (including phenoxy) is 2. The fourth-order valence-corrected chi connectivity index (χ4v) is 2.07. The molecule has 3 aromatic rings. The van der Waals surface area contributed by atoms with Gasteiger partial charge in [0.15, 0.2) is 0 Å². The van der Waals surface area contributed by atoms with Crippen molar-refractivity contribution in [2.45, 2.75) is 0 Å². The standard InChI is InChI=1S/C15H10BFN2O3/c1-21-15(20)12-3-2-10(17)7-13(12)22-11-6-9-4-5-19(16)14(9)18-8-11/h2-8H,1H3. The molecule has 2 aromatic heterocycles. The van der Waals surface area contributed by atoms with Crippen molar-refractivity contribution in [1.29, 1.82) is 0 Å². The number of fused-ring (bicyclic) bond motifs is 1. The maximum atomic E-state index is 13.4. The summed E-state index contributed by atoms with van der Waals surface area (Å²) in [5.74, 6) is -0.725. The average Bonchev–Trinajstić information content (AvgIpc) is 2.87. The fourth-order valence-electron chi connectivity index (χ4n) is 2.07. The SMILES string of the molecule is [B]n1ccc2cc(Oc3cc(F)ccc3C(=O)OC)cnc21. The topological polar surface area (TPSA) is 53.4 Å². The van der Waals surface area contributed by atoms with Crippen molar-refractivity contribution >= 4 is 25.0 Å². The van der Waals surface area contributed by atoms with E-state index in [1.54, 1.807) is 18.3 Å². The first-order valence-electron chi connectivity index (χ1n) is 6.36. The number of aromatic nitrogens is 2. The van der Waals surface area contributed by atoms with E-state index in [1.165, 1.54) is 23.9 Å². The highest BCUT2D eigenvalue weighted by Crippen LogP contribution is 2.28. The second kappa shape index (κ2) is 5.52. The first kappa shape index (κ1) is 14.1. The molecule has 0 bridgehead atoms. The molecule has 0 unspecified atom stereocenters. The van der Waals surface area contributed by atoms with Crippen LogP contribution in [-0.4, -0.2) is 30.5 Å². The van der Waals surface area contributed by atoms with Crippen LogP contribution in [0.15, 0.2) is 42.7 Å². The molecule has 0 aliphatic rings. The van der Waals surface area contributed by atoms with Crippen LogP contribution in [0.5, 0.6) is 11.5 Å². The predicted molar refractivity (Wildman–Crippen MR) is 78.7 cm³/mol. The van der Waals surface area contributed by atoms with E-state index >= 15 is 0 Å². The lowest BCUT2D eigenvalue weighted by Crippen LogP contribution is -2.04. The summed E-state index contributed by atoms with van der Waals surface area (Å²) >= 11 is 0. The Morgan fingerprint density at radius 2 is 2.14 bits per heavy atom. The number of pyridine rings is 1. The molecular formula is C15H10BFN2O3. The van der Waals surface area contributed by atoms with Gasteiger partial charge < -0.3 is 14.0 Å². The highest BCUT2D eigenvalue weighted by Gasteiger charge is 2.15. The largest absolute Gasteiger partial charge is 0.465 e. The third-order valence-electron chi connectivity index (χ3n) is 3.11. The van der Waals surface area contributed by atoms with E-state index in [2.05, 4.69) is 9.72 Å². The molecule has 0 fully saturated rings. The lowest BCUT2D eigenvalue weighted by Gasteiger charge is -2.10. The van der Waals surface area contributed by atoms with Crippen molar-refractivity contribution in [3.05, 3.63) is 54.1 Å². The minimum atomic E-state index is -0.614. The first-order valence-corrected chi connectivity index (χ1v) is 6.36. The molecule has 2 heterocycles. The summed E-state index contributed by atoms with van der Waals surface area (Å²) < 4.78 is 25.0. The van der Waals surface area contributed by atoms with Crippen molar-refractivity contribution in [2.75, 3.05) is 7.11 Å². The van der Waals surface area contributed by atoms with E-state index in [4.69, 9.17) is 12.7 Å². The van der Waals surface area contributed by atoms with Gasteiger partial charge in [-0.2, -0.15) is 0 Å². The van der Waals surface area contributed by atoms with Gasteiger partial charge in [0, 0.05) is 11.5 Å². The van der Waals surface area contributed by atoms with Gasteiger partial charge in [-0.15, -0.1) is 0 Å². The molecule has 22 heavy (non-hydrogen) atoms. The van der Waals surface area contributed by atoms with Crippen LogP contribution in [-0.2, 0) is 4.74 Å².